The number of carboxylic acids is 2. The molecule has 2 heterocycles. The van der Waals surface area contributed by atoms with E-state index < -0.39 is 18.1 Å². The zero-order valence-corrected chi connectivity index (χ0v) is 23.4. The summed E-state index contributed by atoms with van der Waals surface area (Å²) in [5, 5.41) is 19.6. The third kappa shape index (κ3) is 7.62. The minimum Gasteiger partial charge on any atom is -0.478 e. The summed E-state index contributed by atoms with van der Waals surface area (Å²) >= 11 is 0. The molecule has 10 nitrogen and oxygen atoms in total. The van der Waals surface area contributed by atoms with Crippen LogP contribution in [0.4, 0.5) is 23.7 Å². The lowest BCUT2D eigenvalue weighted by Crippen LogP contribution is -2.27. The molecule has 0 aliphatic heterocycles. The molecule has 0 aliphatic carbocycles. The van der Waals surface area contributed by atoms with Gasteiger partial charge < -0.3 is 25.0 Å². The molecule has 13 heteroatoms. The summed E-state index contributed by atoms with van der Waals surface area (Å²) in [5.41, 5.74) is 5.74. The Morgan fingerprint density at radius 3 is 2.17 bits per heavy atom. The maximum Gasteiger partial charge on any atom is 0.490 e. The predicted octanol–water partition coefficient (Wildman–Crippen LogP) is 5.83. The Balaban J connectivity index is 0.000000616. The molecule has 2 amide bonds. The third-order valence-electron chi connectivity index (χ3n) is 6.14. The number of carboxylic acid groups (broad SMARTS) is 2. The van der Waals surface area contributed by atoms with E-state index in [2.05, 4.69) is 21.8 Å². The SMILES string of the molecule is CCCc1nc2nc(C)c(NC(=O)N(C)C)cc2n1Cc1ccc(-c2ccccc2C(=O)O)cc1.O=C(O)C(F)(F)F. The average molecular weight is 586 g/mol. The monoisotopic (exact) mass is 585 g/mol. The van der Waals surface area contributed by atoms with E-state index in [4.69, 9.17) is 14.9 Å². The molecular weight excluding hydrogens is 555 g/mol. The van der Waals surface area contributed by atoms with E-state index in [1.54, 1.807) is 26.2 Å². The fraction of sp³-hybridized carbons (Fsp3) is 0.276. The first kappa shape index (κ1) is 31.6. The van der Waals surface area contributed by atoms with Crippen LogP contribution in [0.25, 0.3) is 22.3 Å². The lowest BCUT2D eigenvalue weighted by molar-refractivity contribution is -0.192. The standard InChI is InChI=1S/C27H29N5O3.C2HF3O2/c1-5-8-24-30-25-23(15-22(17(2)28-25)29-27(35)31(3)4)32(24)16-18-11-13-19(14-12-18)20-9-6-7-10-21(20)26(33)34;3-2(4,5)1(6)7/h6-7,9-15H,5,8,16H2,1-4H3,(H,29,35)(H,33,34);(H,6,7). The van der Waals surface area contributed by atoms with E-state index in [1.807, 2.05) is 49.4 Å². The summed E-state index contributed by atoms with van der Waals surface area (Å²) in [6.07, 6.45) is -3.34. The Hall–Kier alpha value is -4.94. The van der Waals surface area contributed by atoms with Crippen LogP contribution in [-0.4, -0.2) is 67.9 Å². The van der Waals surface area contributed by atoms with E-state index in [9.17, 15) is 27.9 Å². The first-order chi connectivity index (χ1) is 19.7. The van der Waals surface area contributed by atoms with Crippen molar-refractivity contribution in [3.63, 3.8) is 0 Å². The van der Waals surface area contributed by atoms with Crippen LogP contribution >= 0.6 is 0 Å². The molecule has 0 atom stereocenters. The van der Waals surface area contributed by atoms with Crippen LogP contribution in [0.3, 0.4) is 0 Å². The molecule has 4 aromatic rings. The number of alkyl halides is 3. The predicted molar refractivity (Wildman–Crippen MR) is 151 cm³/mol. The van der Waals surface area contributed by atoms with Gasteiger partial charge in [0.15, 0.2) is 5.65 Å². The second-order valence-corrected chi connectivity index (χ2v) is 9.50. The molecule has 0 bridgehead atoms. The smallest absolute Gasteiger partial charge is 0.478 e. The summed E-state index contributed by atoms with van der Waals surface area (Å²) < 4.78 is 33.9. The number of nitrogens with one attached hydrogen (secondary N) is 1. The minimum absolute atomic E-state index is 0.216. The number of imidazole rings is 1. The number of hydrogen-bond acceptors (Lipinski definition) is 5. The van der Waals surface area contributed by atoms with Gasteiger partial charge in [0.25, 0.3) is 0 Å². The Morgan fingerprint density at radius 1 is 1.00 bits per heavy atom. The molecule has 3 N–H and O–H groups in total. The van der Waals surface area contributed by atoms with Crippen LogP contribution in [0, 0.1) is 6.92 Å². The fourth-order valence-corrected chi connectivity index (χ4v) is 4.02. The number of hydrogen-bond donors (Lipinski definition) is 3. The normalized spacial score (nSPS) is 11.0. The molecule has 0 saturated carbocycles. The zero-order chi connectivity index (χ0) is 31.2. The number of carbonyl (C=O) groups is 3. The summed E-state index contributed by atoms with van der Waals surface area (Å²) in [5.74, 6) is -2.77. The van der Waals surface area contributed by atoms with Gasteiger partial charge in [-0.1, -0.05) is 49.4 Å². The molecule has 0 radical (unpaired) electrons. The number of pyridine rings is 1. The number of benzene rings is 2. The molecule has 42 heavy (non-hydrogen) atoms. The summed E-state index contributed by atoms with van der Waals surface area (Å²) in [6.45, 7) is 4.55. The number of aromatic nitrogens is 3. The number of rotatable bonds is 7. The highest BCUT2D eigenvalue weighted by molar-refractivity contribution is 5.96. The van der Waals surface area contributed by atoms with Crippen molar-refractivity contribution in [2.75, 3.05) is 19.4 Å². The maximum absolute atomic E-state index is 12.2. The van der Waals surface area contributed by atoms with Crippen LogP contribution in [0.2, 0.25) is 0 Å². The van der Waals surface area contributed by atoms with E-state index in [1.165, 1.54) is 4.90 Å². The van der Waals surface area contributed by atoms with Crippen molar-refractivity contribution in [2.24, 2.45) is 0 Å². The maximum atomic E-state index is 12.2. The molecular formula is C29H30F3N5O5. The summed E-state index contributed by atoms with van der Waals surface area (Å²) in [4.78, 5) is 43.6. The lowest BCUT2D eigenvalue weighted by Gasteiger charge is -2.14. The average Bonchev–Trinajstić information content (AvgIpc) is 3.24. The van der Waals surface area contributed by atoms with Gasteiger partial charge in [0, 0.05) is 27.1 Å². The highest BCUT2D eigenvalue weighted by atomic mass is 19.4. The van der Waals surface area contributed by atoms with Gasteiger partial charge in [-0.15, -0.1) is 0 Å². The van der Waals surface area contributed by atoms with Crippen molar-refractivity contribution in [2.45, 2.75) is 39.4 Å². The van der Waals surface area contributed by atoms with Crippen molar-refractivity contribution in [3.8, 4) is 11.1 Å². The van der Waals surface area contributed by atoms with Crippen molar-refractivity contribution in [1.82, 2.24) is 19.4 Å². The number of halogens is 3. The second kappa shape index (κ2) is 13.1. The number of aliphatic carboxylic acids is 1. The number of anilines is 1. The highest BCUT2D eigenvalue weighted by Crippen LogP contribution is 2.27. The van der Waals surface area contributed by atoms with Crippen molar-refractivity contribution < 1.29 is 37.8 Å². The second-order valence-electron chi connectivity index (χ2n) is 9.50. The van der Waals surface area contributed by atoms with Gasteiger partial charge >= 0.3 is 24.1 Å². The number of amides is 2. The lowest BCUT2D eigenvalue weighted by atomic mass is 9.99. The quantitative estimate of drug-likeness (QED) is 0.248. The molecule has 0 saturated heterocycles. The van der Waals surface area contributed by atoms with Gasteiger partial charge in [-0.3, -0.25) is 0 Å². The van der Waals surface area contributed by atoms with Gasteiger partial charge in [-0.2, -0.15) is 13.2 Å². The third-order valence-corrected chi connectivity index (χ3v) is 6.14. The van der Waals surface area contributed by atoms with E-state index in [0.29, 0.717) is 29.1 Å². The first-order valence-corrected chi connectivity index (χ1v) is 12.8. The van der Waals surface area contributed by atoms with Crippen LogP contribution < -0.4 is 5.32 Å². The van der Waals surface area contributed by atoms with Crippen LogP contribution in [0.5, 0.6) is 0 Å². The minimum atomic E-state index is -5.08. The number of fused-ring (bicyclic) bond motifs is 1. The first-order valence-electron chi connectivity index (χ1n) is 12.8. The molecule has 0 aliphatic rings. The van der Waals surface area contributed by atoms with Crippen LogP contribution in [-0.2, 0) is 17.8 Å². The Bertz CT molecular complexity index is 1600. The number of carbonyl (C=O) groups excluding carboxylic acids is 1. The highest BCUT2D eigenvalue weighted by Gasteiger charge is 2.38. The van der Waals surface area contributed by atoms with E-state index in [-0.39, 0.29) is 11.6 Å². The molecule has 0 unspecified atom stereocenters. The van der Waals surface area contributed by atoms with Crippen LogP contribution in [0.1, 0.15) is 40.8 Å². The van der Waals surface area contributed by atoms with Gasteiger partial charge in [-0.25, -0.2) is 24.4 Å². The van der Waals surface area contributed by atoms with Crippen LogP contribution in [0.15, 0.2) is 54.6 Å². The molecule has 0 fully saturated rings. The van der Waals surface area contributed by atoms with Crippen molar-refractivity contribution in [1.29, 1.82) is 0 Å². The molecule has 0 spiro atoms. The van der Waals surface area contributed by atoms with Crippen molar-refractivity contribution >= 4 is 34.8 Å². The Kier molecular flexibility index (Phi) is 9.89. The number of aromatic carboxylic acids is 1. The van der Waals surface area contributed by atoms with E-state index >= 15 is 0 Å². The Labute approximate surface area is 239 Å². The molecule has 222 valence electrons. The molecule has 2 aromatic carbocycles. The van der Waals surface area contributed by atoms with Gasteiger partial charge in [0.05, 0.1) is 22.5 Å². The zero-order valence-electron chi connectivity index (χ0n) is 23.4. The number of nitrogens with zero attached hydrogens (tertiary/aromatic N) is 4. The van der Waals surface area contributed by atoms with E-state index in [0.717, 1.165) is 35.3 Å². The number of urea groups is 1. The molecule has 2 aromatic heterocycles. The van der Waals surface area contributed by atoms with Gasteiger partial charge in [-0.05, 0) is 42.2 Å². The summed E-state index contributed by atoms with van der Waals surface area (Å²) in [7, 11) is 3.39. The topological polar surface area (TPSA) is 138 Å². The molecule has 4 rings (SSSR count). The van der Waals surface area contributed by atoms with Gasteiger partial charge in [0.1, 0.15) is 5.82 Å². The van der Waals surface area contributed by atoms with Crippen molar-refractivity contribution in [3.05, 3.63) is 77.2 Å². The fourth-order valence-electron chi connectivity index (χ4n) is 4.02. The largest absolute Gasteiger partial charge is 0.490 e. The summed E-state index contributed by atoms with van der Waals surface area (Å²) in [6, 6.07) is 16.6. The Morgan fingerprint density at radius 2 is 1.62 bits per heavy atom. The van der Waals surface area contributed by atoms with Gasteiger partial charge in [0.2, 0.25) is 0 Å². The number of aryl methyl sites for hydroxylation is 2.